The minimum Gasteiger partial charge on any atom is -0.490 e. The Balaban J connectivity index is 2.36. The molecule has 6 nitrogen and oxygen atoms in total. The van der Waals surface area contributed by atoms with Crippen LogP contribution in [0.15, 0.2) is 18.2 Å². The molecular weight excluding hydrogens is 246 g/mol. The van der Waals surface area contributed by atoms with Crippen LogP contribution in [0, 0.1) is 16.0 Å². The Morgan fingerprint density at radius 1 is 1.58 bits per heavy atom. The van der Waals surface area contributed by atoms with E-state index in [2.05, 4.69) is 5.32 Å². The number of nitrogens with one attached hydrogen (secondary N) is 1. The molecule has 19 heavy (non-hydrogen) atoms. The molecule has 104 valence electrons. The molecule has 0 spiro atoms. The molecule has 1 fully saturated rings. The quantitative estimate of drug-likeness (QED) is 0.607. The van der Waals surface area contributed by atoms with Gasteiger partial charge in [-0.25, -0.2) is 0 Å². The van der Waals surface area contributed by atoms with Gasteiger partial charge in [0.2, 0.25) is 0 Å². The van der Waals surface area contributed by atoms with Gasteiger partial charge in [-0.3, -0.25) is 10.1 Å². The topological polar surface area (TPSA) is 90.4 Å². The Bertz CT molecular complexity index is 488. The highest BCUT2D eigenvalue weighted by Crippen LogP contribution is 2.43. The molecule has 1 aromatic carbocycles. The van der Waals surface area contributed by atoms with Crippen molar-refractivity contribution in [2.45, 2.75) is 25.3 Å². The van der Waals surface area contributed by atoms with Gasteiger partial charge in [-0.1, -0.05) is 6.07 Å². The third-order valence-electron chi connectivity index (χ3n) is 3.72. The van der Waals surface area contributed by atoms with Gasteiger partial charge in [-0.15, -0.1) is 0 Å². The highest BCUT2D eigenvalue weighted by Gasteiger charge is 2.41. The molecule has 1 atom stereocenters. The van der Waals surface area contributed by atoms with Crippen LogP contribution < -0.4 is 15.8 Å². The molecule has 6 heteroatoms. The first-order valence-electron chi connectivity index (χ1n) is 6.31. The first kappa shape index (κ1) is 13.6. The molecule has 0 heterocycles. The zero-order valence-electron chi connectivity index (χ0n) is 11.2. The van der Waals surface area contributed by atoms with Gasteiger partial charge in [0, 0.05) is 12.1 Å². The predicted octanol–water partition coefficient (Wildman–Crippen LogP) is 2.14. The zero-order valence-corrected chi connectivity index (χ0v) is 11.2. The summed E-state index contributed by atoms with van der Waals surface area (Å²) in [5.74, 6) is 0.730. The lowest BCUT2D eigenvalue weighted by Gasteiger charge is -2.30. The Morgan fingerprint density at radius 2 is 2.26 bits per heavy atom. The lowest BCUT2D eigenvalue weighted by molar-refractivity contribution is -0.384. The van der Waals surface area contributed by atoms with Crippen molar-refractivity contribution in [1.29, 1.82) is 0 Å². The lowest BCUT2D eigenvalue weighted by Crippen LogP contribution is -2.44. The molecule has 0 bridgehead atoms. The summed E-state index contributed by atoms with van der Waals surface area (Å²) in [6, 6.07) is 5.01. The minimum atomic E-state index is -0.426. The van der Waals surface area contributed by atoms with E-state index in [-0.39, 0.29) is 17.0 Å². The first-order valence-corrected chi connectivity index (χ1v) is 6.31. The normalized spacial score (nSPS) is 17.6. The number of rotatable bonds is 6. The van der Waals surface area contributed by atoms with Crippen LogP contribution in [0.2, 0.25) is 0 Å². The summed E-state index contributed by atoms with van der Waals surface area (Å²) in [6.07, 6.45) is 2.22. The van der Waals surface area contributed by atoms with Crippen molar-refractivity contribution in [3.63, 3.8) is 0 Å². The SMILES string of the molecule is COc1cccc(NC(C)(CN)C2CC2)c1[N+](=O)[O-]. The fourth-order valence-electron chi connectivity index (χ4n) is 2.32. The number of nitrogens with zero attached hydrogens (tertiary/aromatic N) is 1. The van der Waals surface area contributed by atoms with Gasteiger partial charge in [0.15, 0.2) is 5.75 Å². The number of hydrogen-bond donors (Lipinski definition) is 2. The molecule has 1 unspecified atom stereocenters. The molecule has 0 aromatic heterocycles. The van der Waals surface area contributed by atoms with Crippen LogP contribution in [0.3, 0.4) is 0 Å². The standard InChI is InChI=1S/C13H19N3O3/c1-13(8-14,9-6-7-9)15-10-4-3-5-11(19-2)12(10)16(17)18/h3-5,9,15H,6-8,14H2,1-2H3. The van der Waals surface area contributed by atoms with Crippen LogP contribution in [0.25, 0.3) is 0 Å². The van der Waals surface area contributed by atoms with Crippen molar-refractivity contribution in [2.75, 3.05) is 19.0 Å². The van der Waals surface area contributed by atoms with Crippen molar-refractivity contribution in [2.24, 2.45) is 11.7 Å². The number of benzene rings is 1. The number of anilines is 1. The van der Waals surface area contributed by atoms with E-state index >= 15 is 0 Å². The third-order valence-corrected chi connectivity index (χ3v) is 3.72. The number of nitro benzene ring substituents is 1. The summed E-state index contributed by atoms with van der Waals surface area (Å²) in [5, 5.41) is 14.5. The van der Waals surface area contributed by atoms with Crippen molar-refractivity contribution < 1.29 is 9.66 Å². The number of ether oxygens (including phenoxy) is 1. The van der Waals surface area contributed by atoms with Gasteiger partial charge in [0.1, 0.15) is 5.69 Å². The monoisotopic (exact) mass is 265 g/mol. The number of para-hydroxylation sites is 1. The second-order valence-electron chi connectivity index (χ2n) is 5.13. The van der Waals surface area contributed by atoms with Gasteiger partial charge in [-0.2, -0.15) is 0 Å². The summed E-state index contributed by atoms with van der Waals surface area (Å²) >= 11 is 0. The van der Waals surface area contributed by atoms with E-state index in [4.69, 9.17) is 10.5 Å². The largest absolute Gasteiger partial charge is 0.490 e. The van der Waals surface area contributed by atoms with Crippen molar-refractivity contribution in [3.05, 3.63) is 28.3 Å². The van der Waals surface area contributed by atoms with Crippen LogP contribution in [0.5, 0.6) is 5.75 Å². The summed E-state index contributed by atoms with van der Waals surface area (Å²) in [4.78, 5) is 10.8. The van der Waals surface area contributed by atoms with Crippen LogP contribution in [-0.2, 0) is 0 Å². The van der Waals surface area contributed by atoms with E-state index in [1.165, 1.54) is 7.11 Å². The second kappa shape index (κ2) is 5.05. The van der Waals surface area contributed by atoms with Crippen molar-refractivity contribution in [3.8, 4) is 5.75 Å². The third kappa shape index (κ3) is 2.63. The molecule has 1 aliphatic carbocycles. The smallest absolute Gasteiger partial charge is 0.333 e. The highest BCUT2D eigenvalue weighted by atomic mass is 16.6. The zero-order chi connectivity index (χ0) is 14.0. The van der Waals surface area contributed by atoms with Crippen LogP contribution >= 0.6 is 0 Å². The molecule has 0 amide bonds. The molecule has 3 N–H and O–H groups in total. The lowest BCUT2D eigenvalue weighted by atomic mass is 9.95. The number of nitro groups is 1. The maximum atomic E-state index is 11.2. The Morgan fingerprint density at radius 3 is 2.74 bits per heavy atom. The minimum absolute atomic E-state index is 0.0367. The van der Waals surface area contributed by atoms with Crippen LogP contribution in [0.1, 0.15) is 19.8 Å². The molecule has 1 aromatic rings. The van der Waals surface area contributed by atoms with E-state index in [1.54, 1.807) is 18.2 Å². The molecule has 1 aliphatic rings. The van der Waals surface area contributed by atoms with Crippen molar-refractivity contribution >= 4 is 11.4 Å². The summed E-state index contributed by atoms with van der Waals surface area (Å²) < 4.78 is 5.06. The molecule has 0 radical (unpaired) electrons. The number of hydrogen-bond acceptors (Lipinski definition) is 5. The molecule has 0 saturated heterocycles. The van der Waals surface area contributed by atoms with E-state index in [1.807, 2.05) is 6.92 Å². The van der Waals surface area contributed by atoms with Crippen molar-refractivity contribution in [1.82, 2.24) is 0 Å². The highest BCUT2D eigenvalue weighted by molar-refractivity contribution is 5.69. The van der Waals surface area contributed by atoms with E-state index in [9.17, 15) is 10.1 Å². The van der Waals surface area contributed by atoms with Crippen LogP contribution in [-0.4, -0.2) is 24.1 Å². The summed E-state index contributed by atoms with van der Waals surface area (Å²) in [6.45, 7) is 2.44. The Hall–Kier alpha value is -1.82. The fourth-order valence-corrected chi connectivity index (χ4v) is 2.32. The van der Waals surface area contributed by atoms with Crippen LogP contribution in [0.4, 0.5) is 11.4 Å². The summed E-state index contributed by atoms with van der Waals surface area (Å²) in [7, 11) is 1.43. The average molecular weight is 265 g/mol. The molecule has 2 rings (SSSR count). The van der Waals surface area contributed by atoms with Gasteiger partial charge in [0.05, 0.1) is 12.0 Å². The second-order valence-corrected chi connectivity index (χ2v) is 5.13. The van der Waals surface area contributed by atoms with E-state index in [0.717, 1.165) is 12.8 Å². The van der Waals surface area contributed by atoms with Gasteiger partial charge >= 0.3 is 5.69 Å². The van der Waals surface area contributed by atoms with Gasteiger partial charge in [0.25, 0.3) is 0 Å². The van der Waals surface area contributed by atoms with Gasteiger partial charge < -0.3 is 15.8 Å². The maximum absolute atomic E-state index is 11.2. The van der Waals surface area contributed by atoms with Gasteiger partial charge in [-0.05, 0) is 37.8 Å². The molecular formula is C13H19N3O3. The number of nitrogens with two attached hydrogens (primary N) is 1. The predicted molar refractivity (Wildman–Crippen MR) is 73.5 cm³/mol. The van der Waals surface area contributed by atoms with E-state index < -0.39 is 4.92 Å². The summed E-state index contributed by atoms with van der Waals surface area (Å²) in [5.41, 5.74) is 5.95. The Kier molecular flexibility index (Phi) is 3.61. The average Bonchev–Trinajstić information content (AvgIpc) is 3.22. The molecule has 0 aliphatic heterocycles. The van der Waals surface area contributed by atoms with E-state index in [0.29, 0.717) is 18.2 Å². The Labute approximate surface area is 112 Å². The molecule has 1 saturated carbocycles. The number of methoxy groups -OCH3 is 1. The first-order chi connectivity index (χ1) is 9.01. The fraction of sp³-hybridized carbons (Fsp3) is 0.538. The maximum Gasteiger partial charge on any atom is 0.333 e.